The van der Waals surface area contributed by atoms with Crippen molar-refractivity contribution in [2.24, 2.45) is 5.92 Å². The van der Waals surface area contributed by atoms with E-state index in [4.69, 9.17) is 0 Å². The lowest BCUT2D eigenvalue weighted by Gasteiger charge is -2.06. The summed E-state index contributed by atoms with van der Waals surface area (Å²) in [6.07, 6.45) is 0.852. The van der Waals surface area contributed by atoms with Gasteiger partial charge in [-0.2, -0.15) is 0 Å². The third kappa shape index (κ3) is 3.30. The molecule has 0 aromatic heterocycles. The molecule has 2 aromatic carbocycles. The lowest BCUT2D eigenvalue weighted by molar-refractivity contribution is -0.122. The average Bonchev–Trinajstić information content (AvgIpc) is 3.26. The molecule has 0 bridgehead atoms. The van der Waals surface area contributed by atoms with Gasteiger partial charge in [-0.1, -0.05) is 42.0 Å². The van der Waals surface area contributed by atoms with Crippen molar-refractivity contribution < 1.29 is 9.18 Å². The lowest BCUT2D eigenvalue weighted by Crippen LogP contribution is -2.24. The highest BCUT2D eigenvalue weighted by Gasteiger charge is 2.43. The number of halogens is 1. The second kappa shape index (κ2) is 5.68. The third-order valence-corrected chi connectivity index (χ3v) is 3.97. The smallest absolute Gasteiger partial charge is 0.224 e. The molecule has 0 heterocycles. The molecule has 2 nitrogen and oxygen atoms in total. The van der Waals surface area contributed by atoms with Gasteiger partial charge in [0, 0.05) is 12.5 Å². The van der Waals surface area contributed by atoms with Crippen molar-refractivity contribution in [1.29, 1.82) is 0 Å². The minimum Gasteiger partial charge on any atom is -0.352 e. The fourth-order valence-electron chi connectivity index (χ4n) is 2.71. The Hall–Kier alpha value is -2.16. The van der Waals surface area contributed by atoms with Crippen molar-refractivity contribution in [1.82, 2.24) is 5.32 Å². The van der Waals surface area contributed by atoms with Crippen molar-refractivity contribution >= 4 is 5.91 Å². The van der Waals surface area contributed by atoms with Crippen LogP contribution in [0.2, 0.25) is 0 Å². The number of rotatable bonds is 4. The van der Waals surface area contributed by atoms with Crippen molar-refractivity contribution in [3.8, 4) is 0 Å². The fraction of sp³-hybridized carbons (Fsp3) is 0.278. The SMILES string of the molecule is Cc1cccc(CNC(=O)C2CC2c2ccc(F)cc2)c1. The Morgan fingerprint density at radius 1 is 1.24 bits per heavy atom. The van der Waals surface area contributed by atoms with Crippen LogP contribution in [0.1, 0.15) is 29.0 Å². The third-order valence-electron chi connectivity index (χ3n) is 3.97. The number of benzene rings is 2. The molecule has 0 saturated heterocycles. The van der Waals surface area contributed by atoms with Gasteiger partial charge in [0.25, 0.3) is 0 Å². The molecule has 1 aliphatic rings. The maximum atomic E-state index is 12.9. The van der Waals surface area contributed by atoms with Gasteiger partial charge in [-0.05, 0) is 42.5 Å². The van der Waals surface area contributed by atoms with Crippen LogP contribution in [0.25, 0.3) is 0 Å². The average molecular weight is 283 g/mol. The molecule has 3 rings (SSSR count). The summed E-state index contributed by atoms with van der Waals surface area (Å²) in [7, 11) is 0. The second-order valence-corrected chi connectivity index (χ2v) is 5.71. The maximum absolute atomic E-state index is 12.9. The second-order valence-electron chi connectivity index (χ2n) is 5.71. The Kier molecular flexibility index (Phi) is 3.74. The van der Waals surface area contributed by atoms with Crippen molar-refractivity contribution in [3.63, 3.8) is 0 Å². The number of amides is 1. The molecule has 3 heteroatoms. The summed E-state index contributed by atoms with van der Waals surface area (Å²) in [6.45, 7) is 2.60. The van der Waals surface area contributed by atoms with Crippen LogP contribution in [0, 0.1) is 18.7 Å². The molecule has 2 unspecified atom stereocenters. The summed E-state index contributed by atoms with van der Waals surface area (Å²) >= 11 is 0. The topological polar surface area (TPSA) is 29.1 Å². The predicted octanol–water partition coefficient (Wildman–Crippen LogP) is 3.55. The van der Waals surface area contributed by atoms with Crippen LogP contribution < -0.4 is 5.32 Å². The van der Waals surface area contributed by atoms with Crippen LogP contribution in [0.4, 0.5) is 4.39 Å². The van der Waals surface area contributed by atoms with Gasteiger partial charge >= 0.3 is 0 Å². The van der Waals surface area contributed by atoms with Gasteiger partial charge in [-0.25, -0.2) is 4.39 Å². The molecular weight excluding hydrogens is 265 g/mol. The van der Waals surface area contributed by atoms with E-state index in [0.717, 1.165) is 17.5 Å². The van der Waals surface area contributed by atoms with E-state index in [-0.39, 0.29) is 23.6 Å². The molecule has 1 N–H and O–H groups in total. The first-order valence-corrected chi connectivity index (χ1v) is 7.22. The first-order chi connectivity index (χ1) is 10.1. The Balaban J connectivity index is 1.54. The van der Waals surface area contributed by atoms with E-state index >= 15 is 0 Å². The molecule has 108 valence electrons. The normalized spacial score (nSPS) is 20.1. The van der Waals surface area contributed by atoms with Crippen LogP contribution >= 0.6 is 0 Å². The molecule has 1 saturated carbocycles. The van der Waals surface area contributed by atoms with Gasteiger partial charge < -0.3 is 5.32 Å². The quantitative estimate of drug-likeness (QED) is 0.913. The molecule has 2 aromatic rings. The molecule has 1 aliphatic carbocycles. The van der Waals surface area contributed by atoms with Gasteiger partial charge in [0.15, 0.2) is 0 Å². The van der Waals surface area contributed by atoms with Crippen LogP contribution in [0.5, 0.6) is 0 Å². The van der Waals surface area contributed by atoms with E-state index in [0.29, 0.717) is 6.54 Å². The summed E-state index contributed by atoms with van der Waals surface area (Å²) in [5.74, 6) is 0.119. The highest BCUT2D eigenvalue weighted by molar-refractivity contribution is 5.82. The molecule has 0 radical (unpaired) electrons. The summed E-state index contributed by atoms with van der Waals surface area (Å²) in [5.41, 5.74) is 3.35. The molecule has 1 amide bonds. The highest BCUT2D eigenvalue weighted by atomic mass is 19.1. The zero-order valence-corrected chi connectivity index (χ0v) is 12.0. The molecule has 0 spiro atoms. The molecule has 21 heavy (non-hydrogen) atoms. The fourth-order valence-corrected chi connectivity index (χ4v) is 2.71. The first kappa shape index (κ1) is 13.8. The minimum absolute atomic E-state index is 0.0280. The Labute approximate surface area is 124 Å². The number of nitrogens with one attached hydrogen (secondary N) is 1. The Morgan fingerprint density at radius 3 is 2.71 bits per heavy atom. The van der Waals surface area contributed by atoms with Crippen LogP contribution in [0.3, 0.4) is 0 Å². The zero-order valence-electron chi connectivity index (χ0n) is 12.0. The van der Waals surface area contributed by atoms with Crippen molar-refractivity contribution in [2.75, 3.05) is 0 Å². The lowest BCUT2D eigenvalue weighted by atomic mass is 10.1. The standard InChI is InChI=1S/C18H18FNO/c1-12-3-2-4-13(9-12)11-20-18(21)17-10-16(17)14-5-7-15(19)8-6-14/h2-9,16-17H,10-11H2,1H3,(H,20,21). The highest BCUT2D eigenvalue weighted by Crippen LogP contribution is 2.47. The molecule has 2 atom stereocenters. The van der Waals surface area contributed by atoms with E-state index in [2.05, 4.69) is 11.4 Å². The van der Waals surface area contributed by atoms with E-state index in [1.54, 1.807) is 12.1 Å². The van der Waals surface area contributed by atoms with E-state index in [1.165, 1.54) is 17.7 Å². The van der Waals surface area contributed by atoms with E-state index in [1.807, 2.05) is 25.1 Å². The van der Waals surface area contributed by atoms with Gasteiger partial charge in [0.2, 0.25) is 5.91 Å². The van der Waals surface area contributed by atoms with E-state index < -0.39 is 0 Å². The minimum atomic E-state index is -0.236. The number of hydrogen-bond donors (Lipinski definition) is 1. The number of aryl methyl sites for hydroxylation is 1. The number of hydrogen-bond acceptors (Lipinski definition) is 1. The monoisotopic (exact) mass is 283 g/mol. The van der Waals surface area contributed by atoms with Crippen molar-refractivity contribution in [2.45, 2.75) is 25.8 Å². The molecular formula is C18H18FNO. The summed E-state index contributed by atoms with van der Waals surface area (Å²) in [6, 6.07) is 14.6. The van der Waals surface area contributed by atoms with Crippen LogP contribution in [-0.4, -0.2) is 5.91 Å². The predicted molar refractivity (Wildman–Crippen MR) is 80.3 cm³/mol. The zero-order chi connectivity index (χ0) is 14.8. The van der Waals surface area contributed by atoms with Gasteiger partial charge in [0.1, 0.15) is 5.82 Å². The number of carbonyl (C=O) groups excluding carboxylic acids is 1. The van der Waals surface area contributed by atoms with Crippen LogP contribution in [0.15, 0.2) is 48.5 Å². The molecule has 1 fully saturated rings. The maximum Gasteiger partial charge on any atom is 0.224 e. The van der Waals surface area contributed by atoms with Crippen LogP contribution in [-0.2, 0) is 11.3 Å². The van der Waals surface area contributed by atoms with Gasteiger partial charge in [-0.3, -0.25) is 4.79 Å². The molecule has 0 aliphatic heterocycles. The number of carbonyl (C=O) groups is 1. The van der Waals surface area contributed by atoms with Gasteiger partial charge in [0.05, 0.1) is 0 Å². The van der Waals surface area contributed by atoms with Crippen molar-refractivity contribution in [3.05, 3.63) is 71.0 Å². The summed E-state index contributed by atoms with van der Waals surface area (Å²) in [4.78, 5) is 12.1. The summed E-state index contributed by atoms with van der Waals surface area (Å²) < 4.78 is 12.9. The first-order valence-electron chi connectivity index (χ1n) is 7.22. The largest absolute Gasteiger partial charge is 0.352 e. The Bertz CT molecular complexity index is 651. The van der Waals surface area contributed by atoms with Gasteiger partial charge in [-0.15, -0.1) is 0 Å². The summed E-state index contributed by atoms with van der Waals surface area (Å²) in [5, 5.41) is 2.99. The Morgan fingerprint density at radius 2 is 2.00 bits per heavy atom. The van der Waals surface area contributed by atoms with E-state index in [9.17, 15) is 9.18 Å².